The van der Waals surface area contributed by atoms with Crippen molar-refractivity contribution < 1.29 is 4.42 Å². The van der Waals surface area contributed by atoms with Gasteiger partial charge in [-0.05, 0) is 25.1 Å². The fraction of sp³-hybridized carbons (Fsp3) is 0.0625. The largest absolute Gasteiger partial charge is 0.461 e. The topological polar surface area (TPSA) is 56.2 Å². The Morgan fingerprint density at radius 1 is 1.05 bits per heavy atom. The lowest BCUT2D eigenvalue weighted by molar-refractivity contribution is 0.577. The fourth-order valence-corrected chi connectivity index (χ4v) is 2.25. The van der Waals surface area contributed by atoms with Crippen LogP contribution in [0.3, 0.4) is 0 Å². The van der Waals surface area contributed by atoms with Crippen LogP contribution in [-0.4, -0.2) is 19.6 Å². The van der Waals surface area contributed by atoms with Gasteiger partial charge in [-0.1, -0.05) is 29.8 Å². The van der Waals surface area contributed by atoms with Crippen LogP contribution < -0.4 is 0 Å². The summed E-state index contributed by atoms with van der Waals surface area (Å²) in [4.78, 5) is 8.67. The Morgan fingerprint density at radius 2 is 1.90 bits per heavy atom. The first kappa shape index (κ1) is 11.8. The van der Waals surface area contributed by atoms with E-state index in [-0.39, 0.29) is 0 Å². The highest BCUT2D eigenvalue weighted by Crippen LogP contribution is 2.22. The summed E-state index contributed by atoms with van der Waals surface area (Å²) in [7, 11) is 0. The van der Waals surface area contributed by atoms with Crippen LogP contribution in [-0.2, 0) is 0 Å². The molecule has 0 saturated carbocycles. The van der Waals surface area contributed by atoms with E-state index in [4.69, 9.17) is 4.42 Å². The third kappa shape index (κ3) is 1.99. The third-order valence-electron chi connectivity index (χ3n) is 3.33. The van der Waals surface area contributed by atoms with Gasteiger partial charge in [0.25, 0.3) is 5.78 Å². The van der Waals surface area contributed by atoms with Gasteiger partial charge >= 0.3 is 0 Å². The number of hydrogen-bond acceptors (Lipinski definition) is 4. The van der Waals surface area contributed by atoms with Gasteiger partial charge in [0.2, 0.25) is 5.82 Å². The third-order valence-corrected chi connectivity index (χ3v) is 3.33. The maximum atomic E-state index is 5.34. The van der Waals surface area contributed by atoms with Crippen LogP contribution in [0.5, 0.6) is 0 Å². The van der Waals surface area contributed by atoms with Crippen LogP contribution >= 0.6 is 0 Å². The summed E-state index contributed by atoms with van der Waals surface area (Å²) in [5.74, 6) is 1.72. The smallest absolute Gasteiger partial charge is 0.253 e. The molecule has 102 valence electrons. The highest BCUT2D eigenvalue weighted by Gasteiger charge is 2.12. The Morgan fingerprint density at radius 3 is 2.67 bits per heavy atom. The van der Waals surface area contributed by atoms with Crippen molar-refractivity contribution >= 4 is 5.78 Å². The van der Waals surface area contributed by atoms with Crippen LogP contribution in [0.1, 0.15) is 5.56 Å². The van der Waals surface area contributed by atoms with E-state index in [9.17, 15) is 0 Å². The van der Waals surface area contributed by atoms with Gasteiger partial charge in [-0.25, -0.2) is 4.98 Å². The molecule has 1 aromatic carbocycles. The van der Waals surface area contributed by atoms with Crippen LogP contribution in [0.4, 0.5) is 0 Å². The molecule has 5 nitrogen and oxygen atoms in total. The first-order chi connectivity index (χ1) is 10.3. The van der Waals surface area contributed by atoms with Crippen LogP contribution in [0, 0.1) is 6.92 Å². The van der Waals surface area contributed by atoms with Crippen LogP contribution in [0.15, 0.2) is 59.3 Å². The first-order valence-corrected chi connectivity index (χ1v) is 6.64. The molecule has 0 unspecified atom stereocenters. The number of rotatable bonds is 2. The second-order valence-electron chi connectivity index (χ2n) is 4.82. The highest BCUT2D eigenvalue weighted by molar-refractivity contribution is 5.62. The average molecular weight is 276 g/mol. The van der Waals surface area contributed by atoms with Gasteiger partial charge in [0.1, 0.15) is 0 Å². The van der Waals surface area contributed by atoms with Gasteiger partial charge in [0.05, 0.1) is 12.0 Å². The lowest BCUT2D eigenvalue weighted by Crippen LogP contribution is -1.95. The minimum absolute atomic E-state index is 0.534. The molecule has 0 N–H and O–H groups in total. The van der Waals surface area contributed by atoms with Gasteiger partial charge in [0.15, 0.2) is 5.76 Å². The van der Waals surface area contributed by atoms with Crippen LogP contribution in [0.2, 0.25) is 0 Å². The Bertz CT molecular complexity index is 892. The summed E-state index contributed by atoms with van der Waals surface area (Å²) >= 11 is 0. The van der Waals surface area contributed by atoms with Crippen molar-refractivity contribution in [2.24, 2.45) is 0 Å². The predicted molar refractivity (Wildman–Crippen MR) is 78.7 cm³/mol. The van der Waals surface area contributed by atoms with Gasteiger partial charge in [-0.15, -0.1) is 5.10 Å². The molecule has 0 saturated heterocycles. The maximum Gasteiger partial charge on any atom is 0.253 e. The Hall–Kier alpha value is -2.95. The van der Waals surface area contributed by atoms with E-state index in [1.165, 1.54) is 5.56 Å². The molecule has 4 aromatic rings. The Kier molecular flexibility index (Phi) is 2.57. The monoisotopic (exact) mass is 276 g/mol. The number of fused-ring (bicyclic) bond motifs is 1. The van der Waals surface area contributed by atoms with Crippen LogP contribution in [0.25, 0.3) is 28.6 Å². The van der Waals surface area contributed by atoms with Gasteiger partial charge in [0, 0.05) is 11.8 Å². The molecule has 0 atom stereocenters. The minimum Gasteiger partial charge on any atom is -0.461 e. The second kappa shape index (κ2) is 4.56. The Labute approximate surface area is 120 Å². The number of furan rings is 1. The van der Waals surface area contributed by atoms with Crippen molar-refractivity contribution in [2.45, 2.75) is 6.92 Å². The summed E-state index contributed by atoms with van der Waals surface area (Å²) in [6, 6.07) is 13.9. The molecule has 0 amide bonds. The predicted octanol–water partition coefficient (Wildman–Crippen LogP) is 3.36. The summed E-state index contributed by atoms with van der Waals surface area (Å²) in [5.41, 5.74) is 3.24. The fourth-order valence-electron chi connectivity index (χ4n) is 2.25. The first-order valence-electron chi connectivity index (χ1n) is 6.64. The van der Waals surface area contributed by atoms with Crippen molar-refractivity contribution in [1.82, 2.24) is 19.6 Å². The molecule has 4 rings (SSSR count). The number of nitrogens with zero attached hydrogens (tertiary/aromatic N) is 4. The zero-order valence-electron chi connectivity index (χ0n) is 11.4. The quantitative estimate of drug-likeness (QED) is 0.563. The molecule has 0 aliphatic carbocycles. The summed E-state index contributed by atoms with van der Waals surface area (Å²) in [6.45, 7) is 2.07. The van der Waals surface area contributed by atoms with E-state index < -0.39 is 0 Å². The minimum atomic E-state index is 0.534. The van der Waals surface area contributed by atoms with E-state index in [2.05, 4.69) is 46.3 Å². The van der Waals surface area contributed by atoms with E-state index >= 15 is 0 Å². The Balaban J connectivity index is 1.92. The molecular weight excluding hydrogens is 264 g/mol. The number of hydrogen-bond donors (Lipinski definition) is 0. The summed E-state index contributed by atoms with van der Waals surface area (Å²) in [6.07, 6.45) is 3.35. The highest BCUT2D eigenvalue weighted by atomic mass is 16.3. The van der Waals surface area contributed by atoms with E-state index in [0.717, 1.165) is 11.3 Å². The molecule has 0 radical (unpaired) electrons. The van der Waals surface area contributed by atoms with Crippen molar-refractivity contribution in [3.63, 3.8) is 0 Å². The molecular formula is C16H12N4O. The molecule has 0 aliphatic heterocycles. The van der Waals surface area contributed by atoms with Crippen molar-refractivity contribution in [2.75, 3.05) is 0 Å². The van der Waals surface area contributed by atoms with Crippen molar-refractivity contribution in [3.05, 3.63) is 60.5 Å². The molecule has 3 aromatic heterocycles. The van der Waals surface area contributed by atoms with Crippen molar-refractivity contribution in [1.29, 1.82) is 0 Å². The maximum absolute atomic E-state index is 5.34. The van der Waals surface area contributed by atoms with E-state index in [0.29, 0.717) is 17.4 Å². The second-order valence-corrected chi connectivity index (χ2v) is 4.82. The van der Waals surface area contributed by atoms with E-state index in [1.807, 2.05) is 18.2 Å². The molecule has 0 aliphatic rings. The number of aryl methyl sites for hydroxylation is 1. The zero-order valence-corrected chi connectivity index (χ0v) is 11.4. The molecule has 21 heavy (non-hydrogen) atoms. The number of benzene rings is 1. The number of aromatic nitrogens is 4. The van der Waals surface area contributed by atoms with Gasteiger partial charge < -0.3 is 4.42 Å². The van der Waals surface area contributed by atoms with Gasteiger partial charge in [-0.3, -0.25) is 0 Å². The normalized spacial score (nSPS) is 11.1. The zero-order chi connectivity index (χ0) is 14.2. The lowest BCUT2D eigenvalue weighted by atomic mass is 10.1. The van der Waals surface area contributed by atoms with Crippen molar-refractivity contribution in [3.8, 4) is 22.8 Å². The molecule has 5 heteroatoms. The summed E-state index contributed by atoms with van der Waals surface area (Å²) < 4.78 is 7.08. The SMILES string of the molecule is Cc1ccc(-c2ccnc3nc(-c4ccco4)nn23)cc1. The molecule has 0 bridgehead atoms. The van der Waals surface area contributed by atoms with Gasteiger partial charge in [-0.2, -0.15) is 9.50 Å². The molecule has 3 heterocycles. The lowest BCUT2D eigenvalue weighted by Gasteiger charge is -2.03. The van der Waals surface area contributed by atoms with E-state index in [1.54, 1.807) is 17.0 Å². The standard InChI is InChI=1S/C16H12N4O/c1-11-4-6-12(7-5-11)13-8-9-17-16-18-15(19-20(13)16)14-3-2-10-21-14/h2-10H,1H3. The average Bonchev–Trinajstić information content (AvgIpc) is 3.16. The summed E-state index contributed by atoms with van der Waals surface area (Å²) in [5, 5.41) is 4.50. The molecule has 0 spiro atoms. The molecule has 0 fully saturated rings.